The van der Waals surface area contributed by atoms with Crippen LogP contribution in [0.4, 0.5) is 0 Å². The summed E-state index contributed by atoms with van der Waals surface area (Å²) in [5.41, 5.74) is 2.13. The molecule has 1 aromatic rings. The van der Waals surface area contributed by atoms with Crippen LogP contribution in [0.1, 0.15) is 18.1 Å². The number of likely N-dealkylation sites (N-methyl/N-ethyl adjacent to an activating group) is 1. The molecule has 1 aliphatic heterocycles. The second-order valence-electron chi connectivity index (χ2n) is 5.47. The lowest BCUT2D eigenvalue weighted by Crippen LogP contribution is -2.52. The third-order valence-electron chi connectivity index (χ3n) is 3.85. The van der Waals surface area contributed by atoms with Crippen molar-refractivity contribution in [3.05, 3.63) is 29.3 Å². The molecule has 1 atom stereocenters. The SMILES string of the molecule is Cc1ccc(S(=O)(=O)N2CCN(C)CC2C)cc1C. The van der Waals surface area contributed by atoms with Crippen LogP contribution in [0.25, 0.3) is 0 Å². The number of hydrogen-bond acceptors (Lipinski definition) is 3. The second kappa shape index (κ2) is 5.23. The zero-order chi connectivity index (χ0) is 14.2. The summed E-state index contributed by atoms with van der Waals surface area (Å²) in [6.45, 7) is 8.03. The molecule has 1 fully saturated rings. The van der Waals surface area contributed by atoms with Crippen molar-refractivity contribution in [2.45, 2.75) is 31.7 Å². The highest BCUT2D eigenvalue weighted by Gasteiger charge is 2.32. The Bertz CT molecular complexity index is 569. The molecule has 1 aliphatic rings. The lowest BCUT2D eigenvalue weighted by molar-refractivity contribution is 0.170. The highest BCUT2D eigenvalue weighted by molar-refractivity contribution is 7.89. The summed E-state index contributed by atoms with van der Waals surface area (Å²) < 4.78 is 27.0. The van der Waals surface area contributed by atoms with Gasteiger partial charge in [-0.25, -0.2) is 8.42 Å². The fourth-order valence-corrected chi connectivity index (χ4v) is 4.19. The van der Waals surface area contributed by atoms with Crippen LogP contribution in [0.5, 0.6) is 0 Å². The van der Waals surface area contributed by atoms with E-state index in [1.807, 2.05) is 33.9 Å². The predicted molar refractivity (Wildman–Crippen MR) is 76.8 cm³/mol. The van der Waals surface area contributed by atoms with E-state index in [0.717, 1.165) is 24.2 Å². The smallest absolute Gasteiger partial charge is 0.243 e. The molecule has 0 spiro atoms. The second-order valence-corrected chi connectivity index (χ2v) is 7.36. The van der Waals surface area contributed by atoms with Crippen molar-refractivity contribution < 1.29 is 8.42 Å². The van der Waals surface area contributed by atoms with Crippen molar-refractivity contribution in [2.24, 2.45) is 0 Å². The van der Waals surface area contributed by atoms with Crippen LogP contribution >= 0.6 is 0 Å². The molecule has 5 heteroatoms. The minimum atomic E-state index is -3.37. The van der Waals surface area contributed by atoms with Gasteiger partial charge in [-0.3, -0.25) is 0 Å². The third kappa shape index (κ3) is 2.83. The Kier molecular flexibility index (Phi) is 3.99. The van der Waals surface area contributed by atoms with E-state index in [1.54, 1.807) is 16.4 Å². The number of sulfonamides is 1. The molecule has 4 nitrogen and oxygen atoms in total. The lowest BCUT2D eigenvalue weighted by atomic mass is 10.1. The molecule has 0 amide bonds. The van der Waals surface area contributed by atoms with E-state index >= 15 is 0 Å². The topological polar surface area (TPSA) is 40.6 Å². The van der Waals surface area contributed by atoms with Crippen molar-refractivity contribution in [3.8, 4) is 0 Å². The Labute approximate surface area is 116 Å². The molecule has 0 N–H and O–H groups in total. The molecule has 1 unspecified atom stereocenters. The molecule has 2 rings (SSSR count). The van der Waals surface area contributed by atoms with E-state index < -0.39 is 10.0 Å². The summed E-state index contributed by atoms with van der Waals surface area (Å²) >= 11 is 0. The molecular formula is C14H22N2O2S. The Morgan fingerprint density at radius 2 is 1.84 bits per heavy atom. The first-order chi connectivity index (χ1) is 8.82. The molecule has 19 heavy (non-hydrogen) atoms. The normalized spacial score (nSPS) is 22.6. The molecule has 1 aromatic carbocycles. The van der Waals surface area contributed by atoms with Crippen molar-refractivity contribution >= 4 is 10.0 Å². The maximum Gasteiger partial charge on any atom is 0.243 e. The summed E-state index contributed by atoms with van der Waals surface area (Å²) in [6.07, 6.45) is 0. The molecule has 0 radical (unpaired) electrons. The van der Waals surface area contributed by atoms with Gasteiger partial charge >= 0.3 is 0 Å². The van der Waals surface area contributed by atoms with Gasteiger partial charge in [0.2, 0.25) is 10.0 Å². The van der Waals surface area contributed by atoms with E-state index in [-0.39, 0.29) is 6.04 Å². The molecular weight excluding hydrogens is 260 g/mol. The van der Waals surface area contributed by atoms with Crippen molar-refractivity contribution in [3.63, 3.8) is 0 Å². The van der Waals surface area contributed by atoms with Crippen LogP contribution in [-0.4, -0.2) is 50.3 Å². The number of rotatable bonds is 2. The van der Waals surface area contributed by atoms with Gasteiger partial charge in [0.05, 0.1) is 4.90 Å². The Hall–Kier alpha value is -0.910. The Morgan fingerprint density at radius 3 is 2.42 bits per heavy atom. The van der Waals surface area contributed by atoms with Crippen LogP contribution in [-0.2, 0) is 10.0 Å². The van der Waals surface area contributed by atoms with Crippen molar-refractivity contribution in [1.82, 2.24) is 9.21 Å². The van der Waals surface area contributed by atoms with E-state index in [1.165, 1.54) is 0 Å². The van der Waals surface area contributed by atoms with Crippen LogP contribution in [0, 0.1) is 13.8 Å². The minimum absolute atomic E-state index is 0.0189. The zero-order valence-electron chi connectivity index (χ0n) is 12.0. The first-order valence-corrected chi connectivity index (χ1v) is 8.04. The average Bonchev–Trinajstić information content (AvgIpc) is 2.32. The standard InChI is InChI=1S/C14H22N2O2S/c1-11-5-6-14(9-12(11)2)19(17,18)16-8-7-15(4)10-13(16)3/h5-6,9,13H,7-8,10H2,1-4H3. The van der Waals surface area contributed by atoms with Gasteiger partial charge in [0, 0.05) is 25.7 Å². The lowest BCUT2D eigenvalue weighted by Gasteiger charge is -2.37. The van der Waals surface area contributed by atoms with Gasteiger partial charge in [-0.05, 0) is 51.1 Å². The summed E-state index contributed by atoms with van der Waals surface area (Å²) in [4.78, 5) is 2.57. The predicted octanol–water partition coefficient (Wildman–Crippen LogP) is 1.63. The first kappa shape index (κ1) is 14.5. The van der Waals surface area contributed by atoms with Gasteiger partial charge in [0.25, 0.3) is 0 Å². The van der Waals surface area contributed by atoms with E-state index in [9.17, 15) is 8.42 Å². The van der Waals surface area contributed by atoms with Crippen LogP contribution in [0.2, 0.25) is 0 Å². The van der Waals surface area contributed by atoms with E-state index in [0.29, 0.717) is 11.4 Å². The van der Waals surface area contributed by atoms with Gasteiger partial charge in [-0.2, -0.15) is 4.31 Å². The maximum atomic E-state index is 12.7. The molecule has 106 valence electrons. The van der Waals surface area contributed by atoms with Gasteiger partial charge in [0.15, 0.2) is 0 Å². The Balaban J connectivity index is 2.34. The van der Waals surface area contributed by atoms with E-state index in [4.69, 9.17) is 0 Å². The fourth-order valence-electron chi connectivity index (χ4n) is 2.49. The van der Waals surface area contributed by atoms with Crippen LogP contribution in [0.15, 0.2) is 23.1 Å². The largest absolute Gasteiger partial charge is 0.303 e. The van der Waals surface area contributed by atoms with Gasteiger partial charge < -0.3 is 4.90 Å². The van der Waals surface area contributed by atoms with Crippen LogP contribution in [0.3, 0.4) is 0 Å². The molecule has 0 aromatic heterocycles. The number of nitrogens with zero attached hydrogens (tertiary/aromatic N) is 2. The number of piperazine rings is 1. The fraction of sp³-hybridized carbons (Fsp3) is 0.571. The van der Waals surface area contributed by atoms with Gasteiger partial charge in [0.1, 0.15) is 0 Å². The monoisotopic (exact) mass is 282 g/mol. The van der Waals surface area contributed by atoms with Gasteiger partial charge in [-0.1, -0.05) is 6.07 Å². The van der Waals surface area contributed by atoms with Crippen molar-refractivity contribution in [1.29, 1.82) is 0 Å². The summed E-state index contributed by atoms with van der Waals surface area (Å²) in [5, 5.41) is 0. The number of aryl methyl sites for hydroxylation is 2. The molecule has 1 heterocycles. The summed E-state index contributed by atoms with van der Waals surface area (Å²) in [7, 11) is -1.34. The maximum absolute atomic E-state index is 12.7. The van der Waals surface area contributed by atoms with Gasteiger partial charge in [-0.15, -0.1) is 0 Å². The highest BCUT2D eigenvalue weighted by atomic mass is 32.2. The molecule has 0 saturated carbocycles. The number of hydrogen-bond donors (Lipinski definition) is 0. The third-order valence-corrected chi connectivity index (χ3v) is 5.86. The quantitative estimate of drug-likeness (QED) is 0.828. The first-order valence-electron chi connectivity index (χ1n) is 6.60. The minimum Gasteiger partial charge on any atom is -0.303 e. The summed E-state index contributed by atoms with van der Waals surface area (Å²) in [6, 6.07) is 5.38. The average molecular weight is 282 g/mol. The molecule has 1 saturated heterocycles. The summed E-state index contributed by atoms with van der Waals surface area (Å²) in [5.74, 6) is 0. The van der Waals surface area contributed by atoms with Crippen molar-refractivity contribution in [2.75, 3.05) is 26.7 Å². The molecule has 0 bridgehead atoms. The van der Waals surface area contributed by atoms with Crippen LogP contribution < -0.4 is 0 Å². The zero-order valence-corrected chi connectivity index (χ0v) is 12.9. The highest BCUT2D eigenvalue weighted by Crippen LogP contribution is 2.22. The molecule has 0 aliphatic carbocycles. The van der Waals surface area contributed by atoms with E-state index in [2.05, 4.69) is 4.90 Å². The Morgan fingerprint density at radius 1 is 1.16 bits per heavy atom. The number of benzene rings is 1.